The molecule has 0 aliphatic heterocycles. The van der Waals surface area contributed by atoms with Crippen LogP contribution in [0.5, 0.6) is 0 Å². The fraction of sp³-hybridized carbons (Fsp3) is 0.579. The van der Waals surface area contributed by atoms with Crippen LogP contribution in [0.4, 0.5) is 0 Å². The third-order valence-electron chi connectivity index (χ3n) is 3.75. The van der Waals surface area contributed by atoms with Gasteiger partial charge < -0.3 is 9.15 Å². The van der Waals surface area contributed by atoms with Gasteiger partial charge in [0.25, 0.3) is 0 Å². The van der Waals surface area contributed by atoms with Crippen LogP contribution in [0.3, 0.4) is 0 Å². The Labute approximate surface area is 149 Å². The van der Waals surface area contributed by atoms with Crippen LogP contribution in [0.1, 0.15) is 58.5 Å². The standard InChI is InChI=1S/C19H27N3O3/c1-13(7-11-17(23)25-19(3,4)5)6-9-16-10-8-15(12-20-16)18-22-21-14(2)24-18/h8,10,12-13H,6-7,9,11H2,1-5H3. The third kappa shape index (κ3) is 6.64. The minimum atomic E-state index is -0.414. The summed E-state index contributed by atoms with van der Waals surface area (Å²) in [6, 6.07) is 3.93. The minimum Gasteiger partial charge on any atom is -0.460 e. The van der Waals surface area contributed by atoms with Crippen LogP contribution in [0.15, 0.2) is 22.7 Å². The summed E-state index contributed by atoms with van der Waals surface area (Å²) < 4.78 is 10.7. The molecule has 0 aromatic carbocycles. The molecule has 0 saturated heterocycles. The molecule has 0 spiro atoms. The monoisotopic (exact) mass is 345 g/mol. The SMILES string of the molecule is Cc1nnc(-c2ccc(CCC(C)CCC(=O)OC(C)(C)C)nc2)o1. The van der Waals surface area contributed by atoms with Crippen molar-refractivity contribution in [3.63, 3.8) is 0 Å². The summed E-state index contributed by atoms with van der Waals surface area (Å²) in [5, 5.41) is 7.81. The smallest absolute Gasteiger partial charge is 0.306 e. The zero-order chi connectivity index (χ0) is 18.4. The molecule has 0 bridgehead atoms. The number of carbonyl (C=O) groups is 1. The van der Waals surface area contributed by atoms with Gasteiger partial charge in [-0.2, -0.15) is 0 Å². The maximum Gasteiger partial charge on any atom is 0.306 e. The van der Waals surface area contributed by atoms with Gasteiger partial charge in [0.2, 0.25) is 11.8 Å². The van der Waals surface area contributed by atoms with Crippen LogP contribution < -0.4 is 0 Å². The van der Waals surface area contributed by atoms with E-state index in [0.29, 0.717) is 24.1 Å². The third-order valence-corrected chi connectivity index (χ3v) is 3.75. The van der Waals surface area contributed by atoms with E-state index < -0.39 is 5.60 Å². The Morgan fingerprint density at radius 2 is 2.00 bits per heavy atom. The highest BCUT2D eigenvalue weighted by Gasteiger charge is 2.17. The number of hydrogen-bond donors (Lipinski definition) is 0. The average molecular weight is 345 g/mol. The van der Waals surface area contributed by atoms with E-state index in [1.165, 1.54) is 0 Å². The molecule has 136 valence electrons. The van der Waals surface area contributed by atoms with E-state index in [-0.39, 0.29) is 5.97 Å². The first kappa shape index (κ1) is 19.1. The molecule has 0 N–H and O–H groups in total. The van der Waals surface area contributed by atoms with Crippen molar-refractivity contribution in [1.29, 1.82) is 0 Å². The topological polar surface area (TPSA) is 78.1 Å². The van der Waals surface area contributed by atoms with E-state index in [9.17, 15) is 4.79 Å². The van der Waals surface area contributed by atoms with Gasteiger partial charge in [-0.05, 0) is 58.1 Å². The Morgan fingerprint density at radius 1 is 1.24 bits per heavy atom. The predicted molar refractivity (Wildman–Crippen MR) is 94.8 cm³/mol. The second-order valence-corrected chi connectivity index (χ2v) is 7.43. The first-order valence-corrected chi connectivity index (χ1v) is 8.70. The Morgan fingerprint density at radius 3 is 2.56 bits per heavy atom. The molecule has 0 aliphatic carbocycles. The number of nitrogens with zero attached hydrogens (tertiary/aromatic N) is 3. The summed E-state index contributed by atoms with van der Waals surface area (Å²) in [6.45, 7) is 9.58. The molecule has 2 heterocycles. The summed E-state index contributed by atoms with van der Waals surface area (Å²) in [6.07, 6.45) is 4.90. The zero-order valence-corrected chi connectivity index (χ0v) is 15.7. The number of rotatable bonds is 7. The summed E-state index contributed by atoms with van der Waals surface area (Å²) in [4.78, 5) is 16.2. The molecule has 2 aromatic heterocycles. The van der Waals surface area contributed by atoms with Crippen molar-refractivity contribution < 1.29 is 13.9 Å². The molecule has 1 atom stereocenters. The molecule has 1 unspecified atom stereocenters. The van der Waals surface area contributed by atoms with Crippen LogP contribution in [0, 0.1) is 12.8 Å². The normalized spacial score (nSPS) is 12.8. The molecule has 2 aromatic rings. The van der Waals surface area contributed by atoms with Gasteiger partial charge in [-0.15, -0.1) is 10.2 Å². The molecular weight excluding hydrogens is 318 g/mol. The highest BCUT2D eigenvalue weighted by Crippen LogP contribution is 2.19. The van der Waals surface area contributed by atoms with Gasteiger partial charge in [0.05, 0.1) is 5.56 Å². The van der Waals surface area contributed by atoms with Gasteiger partial charge in [-0.25, -0.2) is 0 Å². The van der Waals surface area contributed by atoms with Gasteiger partial charge in [0.15, 0.2) is 0 Å². The number of ether oxygens (including phenoxy) is 1. The fourth-order valence-electron chi connectivity index (χ4n) is 2.41. The van der Waals surface area contributed by atoms with Gasteiger partial charge in [-0.3, -0.25) is 9.78 Å². The molecule has 6 heteroatoms. The van der Waals surface area contributed by atoms with Gasteiger partial charge >= 0.3 is 5.97 Å². The fourth-order valence-corrected chi connectivity index (χ4v) is 2.41. The van der Waals surface area contributed by atoms with Crippen LogP contribution in [0.25, 0.3) is 11.5 Å². The van der Waals surface area contributed by atoms with Crippen molar-refractivity contribution in [3.05, 3.63) is 29.9 Å². The van der Waals surface area contributed by atoms with E-state index in [4.69, 9.17) is 9.15 Å². The molecule has 6 nitrogen and oxygen atoms in total. The minimum absolute atomic E-state index is 0.128. The van der Waals surface area contributed by atoms with Crippen molar-refractivity contribution >= 4 is 5.97 Å². The highest BCUT2D eigenvalue weighted by atomic mass is 16.6. The molecule has 0 amide bonds. The number of pyridine rings is 1. The van der Waals surface area contributed by atoms with Crippen molar-refractivity contribution in [2.75, 3.05) is 0 Å². The maximum atomic E-state index is 11.8. The highest BCUT2D eigenvalue weighted by molar-refractivity contribution is 5.69. The number of esters is 1. The van der Waals surface area contributed by atoms with E-state index in [0.717, 1.165) is 30.5 Å². The Kier molecular flexibility index (Phi) is 6.28. The number of aryl methyl sites for hydroxylation is 2. The summed E-state index contributed by atoms with van der Waals surface area (Å²) in [5.41, 5.74) is 1.43. The van der Waals surface area contributed by atoms with Gasteiger partial charge in [0.1, 0.15) is 5.60 Å². The Hall–Kier alpha value is -2.24. The summed E-state index contributed by atoms with van der Waals surface area (Å²) >= 11 is 0. The molecule has 25 heavy (non-hydrogen) atoms. The van der Waals surface area contributed by atoms with Gasteiger partial charge in [-0.1, -0.05) is 6.92 Å². The lowest BCUT2D eigenvalue weighted by molar-refractivity contribution is -0.155. The quantitative estimate of drug-likeness (QED) is 0.702. The number of carbonyl (C=O) groups excluding carboxylic acids is 1. The summed E-state index contributed by atoms with van der Waals surface area (Å²) in [7, 11) is 0. The maximum absolute atomic E-state index is 11.8. The molecule has 2 rings (SSSR count). The van der Waals surface area contributed by atoms with E-state index in [1.54, 1.807) is 13.1 Å². The Bertz CT molecular complexity index is 687. The lowest BCUT2D eigenvalue weighted by Crippen LogP contribution is -2.24. The molecule has 0 aliphatic rings. The predicted octanol–water partition coefficient (Wildman–Crippen LogP) is 4.13. The largest absolute Gasteiger partial charge is 0.460 e. The molecule has 0 radical (unpaired) electrons. The van der Waals surface area contributed by atoms with Crippen molar-refractivity contribution in [2.45, 2.75) is 65.9 Å². The first-order valence-electron chi connectivity index (χ1n) is 8.70. The number of aromatic nitrogens is 3. The van der Waals surface area contributed by atoms with Gasteiger partial charge in [0, 0.05) is 25.2 Å². The van der Waals surface area contributed by atoms with Crippen LogP contribution >= 0.6 is 0 Å². The summed E-state index contributed by atoms with van der Waals surface area (Å²) in [5.74, 6) is 1.34. The van der Waals surface area contributed by atoms with E-state index >= 15 is 0 Å². The van der Waals surface area contributed by atoms with Crippen LogP contribution in [-0.4, -0.2) is 26.8 Å². The molecule has 0 fully saturated rings. The lowest BCUT2D eigenvalue weighted by atomic mass is 9.98. The average Bonchev–Trinajstić information content (AvgIpc) is 2.96. The van der Waals surface area contributed by atoms with E-state index in [1.807, 2.05) is 32.9 Å². The Balaban J connectivity index is 1.76. The molecular formula is C19H27N3O3. The second-order valence-electron chi connectivity index (χ2n) is 7.43. The second kappa shape index (κ2) is 8.23. The van der Waals surface area contributed by atoms with Crippen LogP contribution in [0.2, 0.25) is 0 Å². The lowest BCUT2D eigenvalue weighted by Gasteiger charge is -2.20. The van der Waals surface area contributed by atoms with Crippen molar-refractivity contribution in [3.8, 4) is 11.5 Å². The zero-order valence-electron chi connectivity index (χ0n) is 15.7. The first-order chi connectivity index (χ1) is 11.7. The molecule has 0 saturated carbocycles. The van der Waals surface area contributed by atoms with Crippen molar-refractivity contribution in [1.82, 2.24) is 15.2 Å². The van der Waals surface area contributed by atoms with Crippen molar-refractivity contribution in [2.24, 2.45) is 5.92 Å². The van der Waals surface area contributed by atoms with E-state index in [2.05, 4.69) is 22.1 Å². The van der Waals surface area contributed by atoms with Crippen LogP contribution in [-0.2, 0) is 16.0 Å². The number of hydrogen-bond acceptors (Lipinski definition) is 6.